The van der Waals surface area contributed by atoms with E-state index in [1.54, 1.807) is 12.0 Å². The number of hydrogen-bond acceptors (Lipinski definition) is 3. The van der Waals surface area contributed by atoms with Gasteiger partial charge in [0.2, 0.25) is 0 Å². The predicted molar refractivity (Wildman–Crippen MR) is 85.5 cm³/mol. The molecule has 2 rings (SSSR count). The SMILES string of the molecule is CC[C@@H](Oc1ccccc1OC)C(=O)N1CC[NH+](CC)CC1. The predicted octanol–water partition coefficient (Wildman–Crippen LogP) is 0.600. The van der Waals surface area contributed by atoms with Gasteiger partial charge in [-0.2, -0.15) is 0 Å². The highest BCUT2D eigenvalue weighted by Gasteiger charge is 2.29. The van der Waals surface area contributed by atoms with Gasteiger partial charge in [0.15, 0.2) is 17.6 Å². The summed E-state index contributed by atoms with van der Waals surface area (Å²) in [6.07, 6.45) is 0.206. The molecule has 1 aliphatic rings. The molecule has 5 heteroatoms. The molecule has 1 aliphatic heterocycles. The maximum absolute atomic E-state index is 12.7. The Kier molecular flexibility index (Phi) is 6.07. The van der Waals surface area contributed by atoms with Crippen LogP contribution in [0.1, 0.15) is 20.3 Å². The molecule has 0 spiro atoms. The normalized spacial score (nSPS) is 17.1. The minimum Gasteiger partial charge on any atom is -0.493 e. The quantitative estimate of drug-likeness (QED) is 0.837. The Bertz CT molecular complexity index is 485. The van der Waals surface area contributed by atoms with Crippen molar-refractivity contribution in [3.05, 3.63) is 24.3 Å². The van der Waals surface area contributed by atoms with E-state index in [2.05, 4.69) is 6.92 Å². The number of nitrogens with zero attached hydrogens (tertiary/aromatic N) is 1. The summed E-state index contributed by atoms with van der Waals surface area (Å²) in [5, 5.41) is 0. The van der Waals surface area contributed by atoms with E-state index in [0.717, 1.165) is 32.7 Å². The maximum Gasteiger partial charge on any atom is 0.264 e. The van der Waals surface area contributed by atoms with Crippen LogP contribution >= 0.6 is 0 Å². The second kappa shape index (κ2) is 8.03. The number of benzene rings is 1. The number of para-hydroxylation sites is 2. The molecule has 1 fully saturated rings. The zero-order valence-corrected chi connectivity index (χ0v) is 13.8. The molecule has 122 valence electrons. The molecule has 0 aliphatic carbocycles. The van der Waals surface area contributed by atoms with E-state index in [4.69, 9.17) is 9.47 Å². The first-order valence-electron chi connectivity index (χ1n) is 8.11. The standard InChI is InChI=1S/C17H26N2O3/c1-4-14(22-16-9-7-6-8-15(16)21-3)17(20)19-12-10-18(5-2)11-13-19/h6-9,14H,4-5,10-13H2,1-3H3/p+1/t14-/m1/s1. The Morgan fingerprint density at radius 1 is 1.23 bits per heavy atom. The van der Waals surface area contributed by atoms with Gasteiger partial charge in [0, 0.05) is 0 Å². The monoisotopic (exact) mass is 307 g/mol. The Labute approximate surface area is 132 Å². The molecule has 1 saturated heterocycles. The van der Waals surface area contributed by atoms with Gasteiger partial charge in [-0.3, -0.25) is 4.79 Å². The molecule has 1 atom stereocenters. The summed E-state index contributed by atoms with van der Waals surface area (Å²) in [5.41, 5.74) is 0. The van der Waals surface area contributed by atoms with Crippen LogP contribution in [-0.4, -0.2) is 56.7 Å². The highest BCUT2D eigenvalue weighted by Crippen LogP contribution is 2.27. The molecule has 1 aromatic carbocycles. The number of carbonyl (C=O) groups is 1. The molecule has 1 aromatic rings. The third-order valence-corrected chi connectivity index (χ3v) is 4.27. The largest absolute Gasteiger partial charge is 0.493 e. The van der Waals surface area contributed by atoms with E-state index in [1.165, 1.54) is 0 Å². The summed E-state index contributed by atoms with van der Waals surface area (Å²) in [5.74, 6) is 1.38. The van der Waals surface area contributed by atoms with Crippen LogP contribution in [0.3, 0.4) is 0 Å². The molecule has 0 saturated carbocycles. The number of quaternary nitrogens is 1. The van der Waals surface area contributed by atoms with Crippen molar-refractivity contribution in [1.82, 2.24) is 4.90 Å². The fourth-order valence-electron chi connectivity index (χ4n) is 2.78. The van der Waals surface area contributed by atoms with Gasteiger partial charge in [0.05, 0.1) is 39.8 Å². The van der Waals surface area contributed by atoms with Crippen molar-refractivity contribution in [2.24, 2.45) is 0 Å². The van der Waals surface area contributed by atoms with E-state index in [1.807, 2.05) is 36.1 Å². The van der Waals surface area contributed by atoms with E-state index in [9.17, 15) is 4.79 Å². The smallest absolute Gasteiger partial charge is 0.264 e. The van der Waals surface area contributed by atoms with Crippen LogP contribution in [0.5, 0.6) is 11.5 Å². The summed E-state index contributed by atoms with van der Waals surface area (Å²) in [7, 11) is 1.61. The van der Waals surface area contributed by atoms with Gasteiger partial charge >= 0.3 is 0 Å². The van der Waals surface area contributed by atoms with Gasteiger partial charge in [-0.1, -0.05) is 19.1 Å². The molecule has 0 aromatic heterocycles. The lowest BCUT2D eigenvalue weighted by Gasteiger charge is -2.33. The van der Waals surface area contributed by atoms with E-state index in [-0.39, 0.29) is 5.91 Å². The average molecular weight is 307 g/mol. The van der Waals surface area contributed by atoms with Crippen molar-refractivity contribution in [3.63, 3.8) is 0 Å². The number of likely N-dealkylation sites (N-methyl/N-ethyl adjacent to an activating group) is 1. The highest BCUT2D eigenvalue weighted by molar-refractivity contribution is 5.81. The van der Waals surface area contributed by atoms with Crippen molar-refractivity contribution in [3.8, 4) is 11.5 Å². The lowest BCUT2D eigenvalue weighted by atomic mass is 10.2. The van der Waals surface area contributed by atoms with Crippen LogP contribution in [0.25, 0.3) is 0 Å². The van der Waals surface area contributed by atoms with Crippen LogP contribution < -0.4 is 14.4 Å². The van der Waals surface area contributed by atoms with Crippen LogP contribution in [0.2, 0.25) is 0 Å². The van der Waals surface area contributed by atoms with Crippen molar-refractivity contribution < 1.29 is 19.2 Å². The Balaban J connectivity index is 2.00. The summed E-state index contributed by atoms with van der Waals surface area (Å²) < 4.78 is 11.2. The average Bonchev–Trinajstić information content (AvgIpc) is 2.59. The van der Waals surface area contributed by atoms with Gasteiger partial charge in [0.1, 0.15) is 0 Å². The minimum absolute atomic E-state index is 0.0866. The first kappa shape index (κ1) is 16.6. The zero-order chi connectivity index (χ0) is 15.9. The molecule has 1 heterocycles. The van der Waals surface area contributed by atoms with Gasteiger partial charge in [-0.05, 0) is 25.5 Å². The lowest BCUT2D eigenvalue weighted by molar-refractivity contribution is -0.902. The molecule has 5 nitrogen and oxygen atoms in total. The number of amides is 1. The molecule has 0 radical (unpaired) electrons. The number of ether oxygens (including phenoxy) is 2. The first-order valence-corrected chi connectivity index (χ1v) is 8.11. The zero-order valence-electron chi connectivity index (χ0n) is 13.8. The van der Waals surface area contributed by atoms with Gasteiger partial charge in [-0.15, -0.1) is 0 Å². The van der Waals surface area contributed by atoms with Crippen molar-refractivity contribution >= 4 is 5.91 Å². The lowest BCUT2D eigenvalue weighted by Crippen LogP contribution is -3.14. The van der Waals surface area contributed by atoms with Gasteiger partial charge in [0.25, 0.3) is 5.91 Å². The highest BCUT2D eigenvalue weighted by atomic mass is 16.5. The third kappa shape index (κ3) is 3.91. The van der Waals surface area contributed by atoms with E-state index in [0.29, 0.717) is 17.9 Å². The van der Waals surface area contributed by atoms with Crippen LogP contribution in [0.15, 0.2) is 24.3 Å². The molecule has 0 unspecified atom stereocenters. The summed E-state index contributed by atoms with van der Waals surface area (Å²) in [6.45, 7) is 8.96. The maximum atomic E-state index is 12.7. The van der Waals surface area contributed by atoms with E-state index < -0.39 is 6.10 Å². The Morgan fingerprint density at radius 3 is 2.41 bits per heavy atom. The number of hydrogen-bond donors (Lipinski definition) is 1. The fourth-order valence-corrected chi connectivity index (χ4v) is 2.78. The second-order valence-corrected chi connectivity index (χ2v) is 5.59. The minimum atomic E-state index is -0.445. The summed E-state index contributed by atoms with van der Waals surface area (Å²) >= 11 is 0. The fraction of sp³-hybridized carbons (Fsp3) is 0.588. The molecule has 1 amide bonds. The first-order chi connectivity index (χ1) is 10.7. The van der Waals surface area contributed by atoms with Crippen LogP contribution in [0, 0.1) is 0 Å². The van der Waals surface area contributed by atoms with Crippen molar-refractivity contribution in [2.45, 2.75) is 26.4 Å². The van der Waals surface area contributed by atoms with E-state index >= 15 is 0 Å². The van der Waals surface area contributed by atoms with Gasteiger partial charge < -0.3 is 19.3 Å². The number of methoxy groups -OCH3 is 1. The topological polar surface area (TPSA) is 43.2 Å². The summed E-state index contributed by atoms with van der Waals surface area (Å²) in [4.78, 5) is 16.2. The van der Waals surface area contributed by atoms with Crippen molar-refractivity contribution in [2.75, 3.05) is 39.8 Å². The molecular formula is C17H27N2O3+. The van der Waals surface area contributed by atoms with Crippen molar-refractivity contribution in [1.29, 1.82) is 0 Å². The molecule has 0 bridgehead atoms. The molecular weight excluding hydrogens is 280 g/mol. The number of piperazine rings is 1. The second-order valence-electron chi connectivity index (χ2n) is 5.59. The van der Waals surface area contributed by atoms with Gasteiger partial charge in [-0.25, -0.2) is 0 Å². The third-order valence-electron chi connectivity index (χ3n) is 4.27. The number of carbonyl (C=O) groups excluding carboxylic acids is 1. The molecule has 22 heavy (non-hydrogen) atoms. The number of nitrogens with one attached hydrogen (secondary N) is 1. The Hall–Kier alpha value is -1.75. The van der Waals surface area contributed by atoms with Crippen LogP contribution in [-0.2, 0) is 4.79 Å². The number of rotatable bonds is 6. The summed E-state index contributed by atoms with van der Waals surface area (Å²) in [6, 6.07) is 7.46. The molecule has 1 N–H and O–H groups in total. The van der Waals surface area contributed by atoms with Crippen LogP contribution in [0.4, 0.5) is 0 Å². The Morgan fingerprint density at radius 2 is 1.86 bits per heavy atom.